The van der Waals surface area contributed by atoms with Crippen LogP contribution in [-0.2, 0) is 14.4 Å². The molecule has 0 spiro atoms. The predicted molar refractivity (Wildman–Crippen MR) is 77.1 cm³/mol. The third-order valence-electron chi connectivity index (χ3n) is 2.87. The highest BCUT2D eigenvalue weighted by atomic mass is 16.4. The average Bonchev–Trinajstić information content (AvgIpc) is 2.52. The lowest BCUT2D eigenvalue weighted by molar-refractivity contribution is -0.172. The Balaban J connectivity index is 0. The monoisotopic (exact) mass is 356 g/mol. The maximum atomic E-state index is 10.1. The molecule has 0 saturated carbocycles. The number of carboxylic acid groups (broad SMARTS) is 3. The van der Waals surface area contributed by atoms with Gasteiger partial charge in [-0.3, -0.25) is 0 Å². The molecule has 11 nitrogen and oxygen atoms in total. The fourth-order valence-corrected chi connectivity index (χ4v) is 1.38. The molecule has 0 bridgehead atoms. The fourth-order valence-electron chi connectivity index (χ4n) is 1.38. The summed E-state index contributed by atoms with van der Waals surface area (Å²) in [6, 6.07) is 0. The highest BCUT2D eigenvalue weighted by Crippen LogP contribution is 2.05. The van der Waals surface area contributed by atoms with Gasteiger partial charge in [-0.15, -0.1) is 0 Å². The zero-order valence-corrected chi connectivity index (χ0v) is 13.0. The smallest absolute Gasteiger partial charge is 0.335 e. The second-order valence-electron chi connectivity index (χ2n) is 4.90. The molecule has 1 unspecified atom stereocenters. The third kappa shape index (κ3) is 10.1. The van der Waals surface area contributed by atoms with Gasteiger partial charge >= 0.3 is 17.9 Å². The number of hydrogen-bond donors (Lipinski definition) is 8. The molecule has 0 heterocycles. The lowest BCUT2D eigenvalue weighted by atomic mass is 10.0. The molecule has 142 valence electrons. The van der Waals surface area contributed by atoms with Crippen molar-refractivity contribution in [2.24, 2.45) is 0 Å². The van der Waals surface area contributed by atoms with E-state index in [1.54, 1.807) is 0 Å². The van der Waals surface area contributed by atoms with Crippen LogP contribution in [0.5, 0.6) is 0 Å². The Hall–Kier alpha value is -1.79. The van der Waals surface area contributed by atoms with Gasteiger partial charge in [-0.2, -0.15) is 0 Å². The van der Waals surface area contributed by atoms with E-state index in [4.69, 9.17) is 40.9 Å². The summed E-state index contributed by atoms with van der Waals surface area (Å²) in [6.45, 7) is 2.03. The van der Waals surface area contributed by atoms with Crippen LogP contribution in [0.15, 0.2) is 0 Å². The van der Waals surface area contributed by atoms with Gasteiger partial charge in [-0.25, -0.2) is 14.4 Å². The van der Waals surface area contributed by atoms with Crippen molar-refractivity contribution in [1.29, 1.82) is 0 Å². The summed E-state index contributed by atoms with van der Waals surface area (Å²) in [5.41, 5.74) is 0. The Morgan fingerprint density at radius 1 is 0.708 bits per heavy atom. The second kappa shape index (κ2) is 12.6. The molecule has 0 fully saturated rings. The van der Waals surface area contributed by atoms with E-state index in [9.17, 15) is 14.4 Å². The number of unbranched alkanes of at least 4 members (excludes halogenated alkanes) is 2. The lowest BCUT2D eigenvalue weighted by Crippen LogP contribution is -2.49. The minimum absolute atomic E-state index is 0.378. The van der Waals surface area contributed by atoms with E-state index in [1.807, 2.05) is 6.92 Å². The molecule has 24 heavy (non-hydrogen) atoms. The van der Waals surface area contributed by atoms with E-state index < -0.39 is 48.4 Å². The largest absolute Gasteiger partial charge is 0.479 e. The molecule has 0 aromatic carbocycles. The molecule has 0 aromatic rings. The number of carbonyl (C=O) groups is 3. The molecule has 5 atom stereocenters. The van der Waals surface area contributed by atoms with Gasteiger partial charge in [0, 0.05) is 0 Å². The number of hydrogen-bond acceptors (Lipinski definition) is 8. The zero-order chi connectivity index (χ0) is 19.4. The van der Waals surface area contributed by atoms with Crippen molar-refractivity contribution in [1.82, 2.24) is 0 Å². The van der Waals surface area contributed by atoms with Crippen molar-refractivity contribution in [3.8, 4) is 0 Å². The minimum Gasteiger partial charge on any atom is -0.479 e. The van der Waals surface area contributed by atoms with E-state index >= 15 is 0 Å². The highest BCUT2D eigenvalue weighted by Gasteiger charge is 2.37. The Labute approximate surface area is 137 Å². The average molecular weight is 356 g/mol. The normalized spacial score (nSPS) is 16.8. The molecule has 0 aliphatic carbocycles. The SMILES string of the molecule is CCCCCC(O)C(=O)O.O=C(O)[C@@H](O)[C@@H](O)[C@H](O)[C@@H](O)C(=O)O. The number of carboxylic acids is 3. The summed E-state index contributed by atoms with van der Waals surface area (Å²) >= 11 is 0. The Kier molecular flexibility index (Phi) is 12.9. The molecule has 0 amide bonds. The van der Waals surface area contributed by atoms with Gasteiger partial charge in [0.15, 0.2) is 18.3 Å². The van der Waals surface area contributed by atoms with E-state index in [1.165, 1.54) is 0 Å². The standard InChI is InChI=1S/C7H14O3.C6H10O8/c1-2-3-4-5-6(8)7(9)10;7-1(3(9)5(11)12)2(8)4(10)6(13)14/h6,8H,2-5H2,1H3,(H,9,10);1-4,7-10H,(H,11,12)(H,13,14)/t;1-,2-,3-,4+/m.0/s1. The van der Waals surface area contributed by atoms with E-state index in [0.717, 1.165) is 19.3 Å². The fraction of sp³-hybridized carbons (Fsp3) is 0.769. The van der Waals surface area contributed by atoms with Gasteiger partial charge < -0.3 is 40.9 Å². The van der Waals surface area contributed by atoms with Crippen LogP contribution in [0.4, 0.5) is 0 Å². The van der Waals surface area contributed by atoms with Gasteiger partial charge in [0.25, 0.3) is 0 Å². The first-order valence-electron chi connectivity index (χ1n) is 7.06. The second-order valence-corrected chi connectivity index (χ2v) is 4.90. The van der Waals surface area contributed by atoms with Crippen LogP contribution in [-0.4, -0.2) is 89.3 Å². The molecular weight excluding hydrogens is 332 g/mol. The maximum Gasteiger partial charge on any atom is 0.335 e. The van der Waals surface area contributed by atoms with Crippen molar-refractivity contribution < 1.29 is 55.2 Å². The van der Waals surface area contributed by atoms with Crippen LogP contribution in [0.25, 0.3) is 0 Å². The lowest BCUT2D eigenvalue weighted by Gasteiger charge is -2.21. The molecule has 0 aliphatic heterocycles. The topological polar surface area (TPSA) is 213 Å². The molecule has 0 rings (SSSR count). The first-order chi connectivity index (χ1) is 11.0. The first-order valence-corrected chi connectivity index (χ1v) is 7.06. The van der Waals surface area contributed by atoms with E-state index in [-0.39, 0.29) is 0 Å². The first kappa shape index (κ1) is 24.5. The van der Waals surface area contributed by atoms with Crippen molar-refractivity contribution >= 4 is 17.9 Å². The van der Waals surface area contributed by atoms with E-state index in [0.29, 0.717) is 6.42 Å². The molecule has 8 N–H and O–H groups in total. The summed E-state index contributed by atoms with van der Waals surface area (Å²) in [6.07, 6.45) is -7.23. The Bertz CT molecular complexity index is 373. The molecule has 11 heteroatoms. The van der Waals surface area contributed by atoms with Crippen LogP contribution in [0, 0.1) is 0 Å². The third-order valence-corrected chi connectivity index (χ3v) is 2.87. The number of aliphatic carboxylic acids is 3. The summed E-state index contributed by atoms with van der Waals surface area (Å²) in [4.78, 5) is 30.2. The maximum absolute atomic E-state index is 10.1. The molecular formula is C13H24O11. The van der Waals surface area contributed by atoms with Gasteiger partial charge in [0.1, 0.15) is 12.2 Å². The van der Waals surface area contributed by atoms with Gasteiger partial charge in [-0.05, 0) is 6.42 Å². The van der Waals surface area contributed by atoms with Crippen LogP contribution < -0.4 is 0 Å². The molecule has 0 aromatic heterocycles. The molecule has 0 saturated heterocycles. The van der Waals surface area contributed by atoms with Crippen LogP contribution in [0.1, 0.15) is 32.6 Å². The van der Waals surface area contributed by atoms with Crippen molar-refractivity contribution in [2.75, 3.05) is 0 Å². The molecule has 0 aliphatic rings. The van der Waals surface area contributed by atoms with E-state index in [2.05, 4.69) is 0 Å². The van der Waals surface area contributed by atoms with Gasteiger partial charge in [0.2, 0.25) is 0 Å². The van der Waals surface area contributed by atoms with Crippen LogP contribution in [0.3, 0.4) is 0 Å². The number of aliphatic hydroxyl groups is 5. The van der Waals surface area contributed by atoms with Crippen molar-refractivity contribution in [3.05, 3.63) is 0 Å². The summed E-state index contributed by atoms with van der Waals surface area (Å²) in [5, 5.41) is 68.4. The summed E-state index contributed by atoms with van der Waals surface area (Å²) in [5.74, 6) is -4.79. The minimum atomic E-state index is -2.36. The number of aliphatic hydroxyl groups excluding tert-OH is 5. The van der Waals surface area contributed by atoms with Crippen molar-refractivity contribution in [2.45, 2.75) is 63.1 Å². The summed E-state index contributed by atoms with van der Waals surface area (Å²) < 4.78 is 0. The van der Waals surface area contributed by atoms with Crippen molar-refractivity contribution in [3.63, 3.8) is 0 Å². The highest BCUT2D eigenvalue weighted by molar-refractivity contribution is 5.75. The summed E-state index contributed by atoms with van der Waals surface area (Å²) in [7, 11) is 0. The predicted octanol–water partition coefficient (Wildman–Crippen LogP) is -2.39. The Morgan fingerprint density at radius 3 is 1.33 bits per heavy atom. The van der Waals surface area contributed by atoms with Crippen LogP contribution >= 0.6 is 0 Å². The quantitative estimate of drug-likeness (QED) is 0.193. The zero-order valence-electron chi connectivity index (χ0n) is 13.0. The van der Waals surface area contributed by atoms with Gasteiger partial charge in [0.05, 0.1) is 0 Å². The van der Waals surface area contributed by atoms with Crippen LogP contribution in [0.2, 0.25) is 0 Å². The number of rotatable bonds is 10. The van der Waals surface area contributed by atoms with Gasteiger partial charge in [-0.1, -0.05) is 26.2 Å². The molecule has 0 radical (unpaired) electrons. The Morgan fingerprint density at radius 2 is 1.08 bits per heavy atom.